The fourth-order valence-electron chi connectivity index (χ4n) is 9.86. The van der Waals surface area contributed by atoms with Crippen molar-refractivity contribution in [3.05, 3.63) is 143 Å². The van der Waals surface area contributed by atoms with E-state index in [9.17, 15) is 41.5 Å². The SMILES string of the molecule is CC1(C)OCC(CCc2cc(C(=O)c3cc(-c4cccc(F)c4C#N)ccc3-c3cccc(F)c3C#N)ccc2Oc2ccc3cc(S(=O)(O)(O)CC4COC(C)(C)O4)cc(S(=O)(O)(O)CC4COC(C)(C)O4)c3c2)O1. The van der Waals surface area contributed by atoms with Crippen LogP contribution in [-0.2, 0) is 54.1 Å². The van der Waals surface area contributed by atoms with E-state index in [-0.39, 0.29) is 93.6 Å². The summed E-state index contributed by atoms with van der Waals surface area (Å²) in [5.74, 6) is -6.87. The van der Waals surface area contributed by atoms with Crippen LogP contribution in [0, 0.1) is 34.3 Å². The number of rotatable bonds is 15. The van der Waals surface area contributed by atoms with Crippen molar-refractivity contribution in [3.8, 4) is 45.9 Å². The predicted octanol–water partition coefficient (Wildman–Crippen LogP) is 10.9. The molecule has 0 saturated carbocycles. The highest BCUT2D eigenvalue weighted by Gasteiger charge is 2.47. The summed E-state index contributed by atoms with van der Waals surface area (Å²) in [6.45, 7) is 9.88. The van der Waals surface area contributed by atoms with Crippen LogP contribution < -0.4 is 4.74 Å². The van der Waals surface area contributed by atoms with Crippen LogP contribution in [0.4, 0.5) is 8.78 Å². The Bertz CT molecular complexity index is 3570. The zero-order valence-corrected chi connectivity index (χ0v) is 44.0. The molecule has 9 rings (SSSR count). The van der Waals surface area contributed by atoms with Crippen LogP contribution >= 0.6 is 0 Å². The Kier molecular flexibility index (Phi) is 13.9. The summed E-state index contributed by atoms with van der Waals surface area (Å²) >= 11 is 0. The summed E-state index contributed by atoms with van der Waals surface area (Å²) in [6.07, 6.45) is -1.95. The third kappa shape index (κ3) is 11.4. The van der Waals surface area contributed by atoms with E-state index in [1.165, 1.54) is 72.8 Å². The molecule has 3 saturated heterocycles. The summed E-state index contributed by atoms with van der Waals surface area (Å²) in [4.78, 5) is 13.7. The quantitative estimate of drug-likeness (QED) is 0.0699. The average Bonchev–Trinajstić information content (AvgIpc) is 4.00. The van der Waals surface area contributed by atoms with Crippen molar-refractivity contribution >= 4 is 35.8 Å². The number of fused-ring (bicyclic) bond motifs is 1. The van der Waals surface area contributed by atoms with Gasteiger partial charge in [0.1, 0.15) is 54.5 Å². The lowest BCUT2D eigenvalue weighted by Gasteiger charge is -2.37. The molecule has 0 amide bonds. The number of carbonyl (C=O) groups is 1. The van der Waals surface area contributed by atoms with Crippen LogP contribution in [0.2, 0.25) is 0 Å². The lowest BCUT2D eigenvalue weighted by molar-refractivity contribution is -0.139. The summed E-state index contributed by atoms with van der Waals surface area (Å²) in [7, 11) is -12.0. The normalized spacial score (nSPS) is 21.0. The molecule has 16 nitrogen and oxygen atoms in total. The highest BCUT2D eigenvalue weighted by Crippen LogP contribution is 2.45. The van der Waals surface area contributed by atoms with Crippen molar-refractivity contribution in [3.63, 3.8) is 0 Å². The molecule has 20 heteroatoms. The van der Waals surface area contributed by atoms with E-state index in [4.69, 9.17) is 33.2 Å². The minimum Gasteiger partial charge on any atom is -0.457 e. The number of hydrogen-bond acceptors (Lipinski definition) is 12. The summed E-state index contributed by atoms with van der Waals surface area (Å²) < 4.78 is 148. The molecule has 3 unspecified atom stereocenters. The second-order valence-electron chi connectivity index (χ2n) is 20.6. The molecule has 3 heterocycles. The third-order valence-corrected chi connectivity index (χ3v) is 17.7. The van der Waals surface area contributed by atoms with Gasteiger partial charge < -0.3 is 51.4 Å². The first-order chi connectivity index (χ1) is 35.5. The van der Waals surface area contributed by atoms with Gasteiger partial charge in [-0.15, -0.1) is 0 Å². The van der Waals surface area contributed by atoms with Gasteiger partial charge in [0.05, 0.1) is 70.6 Å². The van der Waals surface area contributed by atoms with Crippen LogP contribution in [0.25, 0.3) is 33.0 Å². The van der Waals surface area contributed by atoms with Gasteiger partial charge in [-0.05, 0) is 137 Å². The first kappa shape index (κ1) is 54.6. The van der Waals surface area contributed by atoms with Gasteiger partial charge >= 0.3 is 0 Å². The monoisotopic (exact) mass is 1080 g/mol. The van der Waals surface area contributed by atoms with Crippen molar-refractivity contribution in [1.29, 1.82) is 10.5 Å². The van der Waals surface area contributed by atoms with Crippen molar-refractivity contribution in [2.24, 2.45) is 0 Å². The minimum atomic E-state index is -6.10. The van der Waals surface area contributed by atoms with Gasteiger partial charge in [0.25, 0.3) is 0 Å². The van der Waals surface area contributed by atoms with Crippen LogP contribution in [-0.4, -0.2) is 99.4 Å². The number of halogens is 2. The smallest absolute Gasteiger partial charge is 0.193 e. The first-order valence-electron chi connectivity index (χ1n) is 24.2. The highest BCUT2D eigenvalue weighted by molar-refractivity contribution is 8.11. The van der Waals surface area contributed by atoms with E-state index < -0.39 is 87.5 Å². The lowest BCUT2D eigenvalue weighted by atomic mass is 9.87. The molecule has 0 aliphatic carbocycles. The Labute approximate surface area is 437 Å². The maximum atomic E-state index is 15.2. The van der Waals surface area contributed by atoms with Crippen molar-refractivity contribution in [2.75, 3.05) is 31.3 Å². The van der Waals surface area contributed by atoms with Crippen LogP contribution in [0.1, 0.15) is 80.6 Å². The van der Waals surface area contributed by atoms with Gasteiger partial charge in [0, 0.05) is 27.6 Å². The van der Waals surface area contributed by atoms with Crippen LogP contribution in [0.15, 0.2) is 113 Å². The molecule has 0 aromatic heterocycles. The molecule has 3 atom stereocenters. The van der Waals surface area contributed by atoms with Crippen molar-refractivity contribution in [1.82, 2.24) is 0 Å². The van der Waals surface area contributed by atoms with E-state index >= 15 is 9.18 Å². The molecule has 6 aromatic carbocycles. The topological polar surface area (TPSA) is 244 Å². The van der Waals surface area contributed by atoms with Gasteiger partial charge in [0.15, 0.2) is 23.1 Å². The molecule has 400 valence electrons. The second kappa shape index (κ2) is 19.4. The number of hydrogen-bond donors (Lipinski definition) is 4. The average molecular weight is 1080 g/mol. The molecule has 76 heavy (non-hydrogen) atoms. The Hall–Kier alpha value is -6.21. The summed E-state index contributed by atoms with van der Waals surface area (Å²) in [6, 6.07) is 27.2. The molecule has 3 fully saturated rings. The Morgan fingerprint density at radius 3 is 1.80 bits per heavy atom. The van der Waals surface area contributed by atoms with Gasteiger partial charge in [0.2, 0.25) is 0 Å². The number of aryl methyl sites for hydroxylation is 1. The van der Waals surface area contributed by atoms with Crippen LogP contribution in [0.3, 0.4) is 0 Å². The standard InChI is InChI=1S/C56H56F2N2O14S2/c1-54(2)68-28-38(72-54)18-14-35-21-36(53(61)46-23-34(42-9-7-11-49(57)47(42)26-59)15-19-44(46)43-10-8-12-50(58)48(43)27-60)16-20-51(35)71-37-17-13-33-22-41(75(62,63,64)31-39-29-69-55(3,4)73-39)25-52(45(33)24-37)76(65,66,67)32-40-30-70-56(5,6)74-40/h7-13,15-17,19-25,38-40H,14,18,28-32H2,1-6H3,(H2,62,63,64)(H2,65,66,67). The van der Waals surface area contributed by atoms with Crippen molar-refractivity contribution in [2.45, 2.75) is 99.8 Å². The van der Waals surface area contributed by atoms with Crippen molar-refractivity contribution < 1.29 is 73.4 Å². The molecule has 3 aliphatic rings. The molecule has 0 radical (unpaired) electrons. The second-order valence-corrected chi connectivity index (χ2v) is 26.3. The molecule has 6 aromatic rings. The number of nitrogens with zero attached hydrogens (tertiary/aromatic N) is 2. The van der Waals surface area contributed by atoms with Gasteiger partial charge in [-0.1, -0.05) is 42.5 Å². The molecular formula is C56H56F2N2O14S2. The Morgan fingerprint density at radius 1 is 0.658 bits per heavy atom. The Balaban J connectivity index is 1.15. The maximum absolute atomic E-state index is 15.2. The van der Waals surface area contributed by atoms with E-state index in [2.05, 4.69) is 0 Å². The summed E-state index contributed by atoms with van der Waals surface area (Å²) in [5.41, 5.74) is 0.778. The first-order valence-corrected chi connectivity index (χ1v) is 28.3. The minimum absolute atomic E-state index is 0.00236. The van der Waals surface area contributed by atoms with Gasteiger partial charge in [-0.2, -0.15) is 10.5 Å². The molecule has 4 N–H and O–H groups in total. The molecule has 3 aliphatic heterocycles. The predicted molar refractivity (Wildman–Crippen MR) is 277 cm³/mol. The van der Waals surface area contributed by atoms with Gasteiger partial charge in [-0.3, -0.25) is 4.79 Å². The van der Waals surface area contributed by atoms with Gasteiger partial charge in [-0.25, -0.2) is 17.2 Å². The highest BCUT2D eigenvalue weighted by atomic mass is 32.3. The lowest BCUT2D eigenvalue weighted by Crippen LogP contribution is -2.44. The molecule has 0 spiro atoms. The molecule has 0 bridgehead atoms. The summed E-state index contributed by atoms with van der Waals surface area (Å²) in [5, 5.41) is 19.9. The Morgan fingerprint density at radius 2 is 1.22 bits per heavy atom. The van der Waals surface area contributed by atoms with E-state index in [0.29, 0.717) is 17.5 Å². The largest absolute Gasteiger partial charge is 0.457 e. The van der Waals surface area contributed by atoms with Crippen LogP contribution in [0.5, 0.6) is 11.5 Å². The fraction of sp³-hybridized carbons (Fsp3) is 0.339. The zero-order valence-electron chi connectivity index (χ0n) is 42.3. The number of ketones is 1. The van der Waals surface area contributed by atoms with E-state index in [0.717, 1.165) is 18.2 Å². The third-order valence-electron chi connectivity index (χ3n) is 13.4. The maximum Gasteiger partial charge on any atom is 0.193 e. The number of benzene rings is 6. The fourth-order valence-corrected chi connectivity index (χ4v) is 13.7. The zero-order chi connectivity index (χ0) is 54.9. The van der Waals surface area contributed by atoms with E-state index in [1.54, 1.807) is 53.7 Å². The molecular weight excluding hydrogens is 1030 g/mol. The number of ether oxygens (including phenoxy) is 7. The van der Waals surface area contributed by atoms with E-state index in [1.807, 2.05) is 12.1 Å². The number of nitriles is 2. The number of carbonyl (C=O) groups excluding carboxylic acids is 1.